The molecule has 162 valence electrons. The second-order valence-electron chi connectivity index (χ2n) is 8.89. The molecular weight excluding hydrogens is 388 g/mol. The highest BCUT2D eigenvalue weighted by Crippen LogP contribution is 2.37. The Bertz CT molecular complexity index is 681. The highest BCUT2D eigenvalue weighted by molar-refractivity contribution is 6.74. The van der Waals surface area contributed by atoms with E-state index in [1.54, 1.807) is 0 Å². The van der Waals surface area contributed by atoms with Crippen molar-refractivity contribution in [3.8, 4) is 12.3 Å². The van der Waals surface area contributed by atoms with Crippen molar-refractivity contribution in [1.82, 2.24) is 0 Å². The minimum Gasteiger partial charge on any atom is -0.414 e. The molecule has 29 heavy (non-hydrogen) atoms. The first-order valence-electron chi connectivity index (χ1n) is 9.86. The zero-order valence-electron chi connectivity index (χ0n) is 18.2. The maximum Gasteiger partial charge on any atom is 0.192 e. The van der Waals surface area contributed by atoms with Crippen molar-refractivity contribution in [1.29, 1.82) is 0 Å². The molecule has 2 rings (SSSR count). The number of rotatable bonds is 7. The molecule has 7 heteroatoms. The van der Waals surface area contributed by atoms with E-state index in [4.69, 9.17) is 25.1 Å². The Morgan fingerprint density at radius 3 is 2.31 bits per heavy atom. The van der Waals surface area contributed by atoms with E-state index in [0.717, 1.165) is 5.56 Å². The Kier molecular flexibility index (Phi) is 8.05. The number of aliphatic hydroxyl groups excluding tert-OH is 2. The van der Waals surface area contributed by atoms with Gasteiger partial charge in [0.05, 0.1) is 6.61 Å². The van der Waals surface area contributed by atoms with Crippen LogP contribution in [0.1, 0.15) is 32.4 Å². The summed E-state index contributed by atoms with van der Waals surface area (Å²) in [6, 6.07) is 9.27. The molecule has 1 saturated heterocycles. The Hall–Kier alpha value is -1.24. The molecule has 0 amide bonds. The molecule has 2 N–H and O–H groups in total. The first-order valence-corrected chi connectivity index (χ1v) is 12.8. The number of hydrogen-bond donors (Lipinski definition) is 2. The van der Waals surface area contributed by atoms with Gasteiger partial charge in [0.25, 0.3) is 0 Å². The summed E-state index contributed by atoms with van der Waals surface area (Å²) in [5.74, 6) is 2.58. The fraction of sp³-hybridized carbons (Fsp3) is 0.636. The van der Waals surface area contributed by atoms with Gasteiger partial charge in [-0.3, -0.25) is 0 Å². The van der Waals surface area contributed by atoms with Crippen LogP contribution < -0.4 is 0 Å². The lowest BCUT2D eigenvalue weighted by molar-refractivity contribution is -0.304. The van der Waals surface area contributed by atoms with Crippen LogP contribution >= 0.6 is 0 Å². The van der Waals surface area contributed by atoms with Crippen LogP contribution in [0.4, 0.5) is 0 Å². The van der Waals surface area contributed by atoms with Crippen LogP contribution in [0.15, 0.2) is 30.3 Å². The van der Waals surface area contributed by atoms with Crippen molar-refractivity contribution in [2.45, 2.75) is 75.7 Å². The van der Waals surface area contributed by atoms with Crippen LogP contribution in [0.3, 0.4) is 0 Å². The standard InChI is InChI=1S/C22H34O6Si/c1-8-16(15-12-10-9-11-13-15)27-20-18(23)17(28-21(25-5)19(20)24)14-26-29(6,7)22(2,3)4/h1,9-13,16-21,23-24H,14H2,2-7H3/t16-,17-,18-,19+,20+,21+/m1/s1. The number of aliphatic hydroxyl groups is 2. The fourth-order valence-electron chi connectivity index (χ4n) is 2.90. The van der Waals surface area contributed by atoms with Gasteiger partial charge in [0, 0.05) is 7.11 Å². The molecule has 1 aliphatic rings. The zero-order valence-corrected chi connectivity index (χ0v) is 19.2. The maximum atomic E-state index is 10.9. The molecule has 0 aromatic heterocycles. The molecule has 1 heterocycles. The van der Waals surface area contributed by atoms with E-state index in [1.807, 2.05) is 30.3 Å². The van der Waals surface area contributed by atoms with Crippen molar-refractivity contribution < 1.29 is 28.8 Å². The average Bonchev–Trinajstić information content (AvgIpc) is 2.67. The lowest BCUT2D eigenvalue weighted by Gasteiger charge is -2.44. The van der Waals surface area contributed by atoms with Crippen molar-refractivity contribution >= 4 is 8.32 Å². The minimum absolute atomic E-state index is 0.0184. The Balaban J connectivity index is 2.17. The van der Waals surface area contributed by atoms with Crippen LogP contribution in [0.25, 0.3) is 0 Å². The molecule has 0 spiro atoms. The Morgan fingerprint density at radius 1 is 1.17 bits per heavy atom. The van der Waals surface area contributed by atoms with E-state index in [0.29, 0.717) is 0 Å². The summed E-state index contributed by atoms with van der Waals surface area (Å²) in [6.07, 6.45) is -0.0289. The van der Waals surface area contributed by atoms with Crippen molar-refractivity contribution in [3.05, 3.63) is 35.9 Å². The van der Waals surface area contributed by atoms with Gasteiger partial charge in [-0.05, 0) is 23.7 Å². The second kappa shape index (κ2) is 9.71. The van der Waals surface area contributed by atoms with Gasteiger partial charge in [0.1, 0.15) is 30.5 Å². The maximum absolute atomic E-state index is 10.9. The largest absolute Gasteiger partial charge is 0.414 e. The summed E-state index contributed by atoms with van der Waals surface area (Å²) in [7, 11) is -0.614. The highest BCUT2D eigenvalue weighted by Gasteiger charge is 2.48. The SMILES string of the molecule is C#C[C@@H](O[C@@H]1[C@H](O)[C@@H](OC)O[C@H](CO[Si](C)(C)C(C)(C)C)[C@H]1O)c1ccccc1. The summed E-state index contributed by atoms with van der Waals surface area (Å²) in [5, 5.41) is 21.6. The number of terminal acetylenes is 1. The van der Waals surface area contributed by atoms with Gasteiger partial charge < -0.3 is 28.8 Å². The first-order chi connectivity index (χ1) is 13.5. The number of ether oxygens (including phenoxy) is 3. The van der Waals surface area contributed by atoms with E-state index in [2.05, 4.69) is 39.8 Å². The molecule has 1 aromatic carbocycles. The van der Waals surface area contributed by atoms with Crippen LogP contribution in [-0.2, 0) is 18.6 Å². The monoisotopic (exact) mass is 422 g/mol. The van der Waals surface area contributed by atoms with Crippen molar-refractivity contribution in [3.63, 3.8) is 0 Å². The van der Waals surface area contributed by atoms with Gasteiger partial charge in [0.15, 0.2) is 14.6 Å². The van der Waals surface area contributed by atoms with E-state index >= 15 is 0 Å². The quantitative estimate of drug-likeness (QED) is 0.520. The van der Waals surface area contributed by atoms with Crippen LogP contribution in [-0.4, -0.2) is 63.0 Å². The van der Waals surface area contributed by atoms with E-state index in [-0.39, 0.29) is 11.6 Å². The molecule has 6 nitrogen and oxygen atoms in total. The molecule has 0 radical (unpaired) electrons. The fourth-order valence-corrected chi connectivity index (χ4v) is 3.92. The Morgan fingerprint density at radius 2 is 1.79 bits per heavy atom. The third kappa shape index (κ3) is 5.67. The van der Waals surface area contributed by atoms with Gasteiger partial charge in [-0.15, -0.1) is 6.42 Å². The lowest BCUT2D eigenvalue weighted by atomic mass is 9.98. The second-order valence-corrected chi connectivity index (χ2v) is 13.7. The van der Waals surface area contributed by atoms with Crippen molar-refractivity contribution in [2.75, 3.05) is 13.7 Å². The first kappa shape index (κ1) is 24.0. The van der Waals surface area contributed by atoms with Gasteiger partial charge >= 0.3 is 0 Å². The minimum atomic E-state index is -2.05. The molecule has 1 fully saturated rings. The van der Waals surface area contributed by atoms with Crippen LogP contribution in [0, 0.1) is 12.3 Å². The summed E-state index contributed by atoms with van der Waals surface area (Å²) < 4.78 is 23.2. The van der Waals surface area contributed by atoms with Gasteiger partial charge in [-0.1, -0.05) is 57.0 Å². The van der Waals surface area contributed by atoms with Gasteiger partial charge in [-0.2, -0.15) is 0 Å². The molecule has 1 aliphatic heterocycles. The summed E-state index contributed by atoms with van der Waals surface area (Å²) in [6.45, 7) is 10.9. The van der Waals surface area contributed by atoms with Crippen LogP contribution in [0.5, 0.6) is 0 Å². The molecular formula is C22H34O6Si. The number of benzene rings is 1. The zero-order chi connectivity index (χ0) is 21.8. The summed E-state index contributed by atoms with van der Waals surface area (Å²) >= 11 is 0. The Labute approximate surface area is 175 Å². The van der Waals surface area contributed by atoms with E-state index in [9.17, 15) is 10.2 Å². The number of hydrogen-bond acceptors (Lipinski definition) is 6. The normalized spacial score (nSPS) is 29.3. The summed E-state index contributed by atoms with van der Waals surface area (Å²) in [4.78, 5) is 0. The molecule has 0 bridgehead atoms. The molecule has 0 saturated carbocycles. The topological polar surface area (TPSA) is 77.4 Å². The van der Waals surface area contributed by atoms with E-state index < -0.39 is 45.1 Å². The predicted octanol–water partition coefficient (Wildman–Crippen LogP) is 2.86. The van der Waals surface area contributed by atoms with E-state index in [1.165, 1.54) is 7.11 Å². The van der Waals surface area contributed by atoms with Crippen molar-refractivity contribution in [2.24, 2.45) is 0 Å². The average molecular weight is 423 g/mol. The highest BCUT2D eigenvalue weighted by atomic mass is 28.4. The number of methoxy groups -OCH3 is 1. The molecule has 1 aromatic rings. The van der Waals surface area contributed by atoms with Crippen LogP contribution in [0.2, 0.25) is 18.1 Å². The molecule has 6 atom stereocenters. The third-order valence-corrected chi connectivity index (χ3v) is 10.3. The smallest absolute Gasteiger partial charge is 0.192 e. The summed E-state index contributed by atoms with van der Waals surface area (Å²) in [5.41, 5.74) is 0.768. The van der Waals surface area contributed by atoms with Gasteiger partial charge in [-0.25, -0.2) is 0 Å². The lowest BCUT2D eigenvalue weighted by Crippen LogP contribution is -2.61. The molecule has 0 aliphatic carbocycles. The molecule has 0 unspecified atom stereocenters. The predicted molar refractivity (Wildman–Crippen MR) is 114 cm³/mol. The third-order valence-electron chi connectivity index (χ3n) is 5.84. The van der Waals surface area contributed by atoms with Gasteiger partial charge in [0.2, 0.25) is 0 Å².